The minimum Gasteiger partial charge on any atom is -0.378 e. The Morgan fingerprint density at radius 1 is 1.19 bits per heavy atom. The van der Waals surface area contributed by atoms with Crippen LogP contribution in [0.25, 0.3) is 16.9 Å². The number of rotatable bonds is 4. The summed E-state index contributed by atoms with van der Waals surface area (Å²) in [4.78, 5) is 13.7. The third kappa shape index (κ3) is 3.51. The maximum atomic E-state index is 13.2. The van der Waals surface area contributed by atoms with Crippen LogP contribution in [0.2, 0.25) is 0 Å². The summed E-state index contributed by atoms with van der Waals surface area (Å²) in [7, 11) is 3.32. The molecule has 2 heterocycles. The van der Waals surface area contributed by atoms with Crippen LogP contribution < -0.4 is 0 Å². The molecule has 6 nitrogen and oxygen atoms in total. The highest BCUT2D eigenvalue weighted by atomic mass is 19.1. The van der Waals surface area contributed by atoms with Gasteiger partial charge in [-0.25, -0.2) is 19.4 Å². The Morgan fingerprint density at radius 2 is 2.00 bits per heavy atom. The van der Waals surface area contributed by atoms with Crippen molar-refractivity contribution < 1.29 is 13.9 Å². The van der Waals surface area contributed by atoms with Crippen molar-refractivity contribution in [3.63, 3.8) is 0 Å². The van der Waals surface area contributed by atoms with Crippen molar-refractivity contribution in [2.24, 2.45) is 4.99 Å². The van der Waals surface area contributed by atoms with Gasteiger partial charge in [0.05, 0.1) is 11.8 Å². The summed E-state index contributed by atoms with van der Waals surface area (Å²) in [5.41, 5.74) is 2.99. The van der Waals surface area contributed by atoms with Gasteiger partial charge in [-0.2, -0.15) is 0 Å². The van der Waals surface area contributed by atoms with Gasteiger partial charge in [-0.15, -0.1) is 0 Å². The molecule has 0 radical (unpaired) electrons. The van der Waals surface area contributed by atoms with E-state index in [0.29, 0.717) is 23.6 Å². The topological polar surface area (TPSA) is 61.0 Å². The van der Waals surface area contributed by atoms with E-state index in [0.717, 1.165) is 11.3 Å². The standard InChI is InChI=1S/C20H19FN4O2/c1-26-17-8-7-15(11-18(17)27-2)23-19-20-22-9-10-25(20)12-16(24-19)13-3-5-14(21)6-4-13/h3-10,12,17-18H,11H2,1-2H3. The zero-order valence-electron chi connectivity index (χ0n) is 15.0. The molecule has 0 bridgehead atoms. The molecule has 138 valence electrons. The summed E-state index contributed by atoms with van der Waals surface area (Å²) in [5, 5.41) is 0. The lowest BCUT2D eigenvalue weighted by atomic mass is 10.00. The molecule has 0 spiro atoms. The molecule has 1 aliphatic carbocycles. The van der Waals surface area contributed by atoms with Crippen molar-refractivity contribution in [3.8, 4) is 11.3 Å². The molecule has 7 heteroatoms. The molecule has 0 N–H and O–H groups in total. The Kier molecular flexibility index (Phi) is 4.79. The van der Waals surface area contributed by atoms with E-state index in [9.17, 15) is 4.39 Å². The van der Waals surface area contributed by atoms with Crippen molar-refractivity contribution in [1.29, 1.82) is 0 Å². The average molecular weight is 366 g/mol. The van der Waals surface area contributed by atoms with Crippen molar-refractivity contribution in [2.45, 2.75) is 18.6 Å². The molecule has 0 saturated heterocycles. The SMILES string of the molecule is COC1C=CC(=Nc2nc(-c3ccc(F)cc3)cn3ccnc23)CC1OC. The summed E-state index contributed by atoms with van der Waals surface area (Å²) in [6, 6.07) is 6.22. The van der Waals surface area contributed by atoms with Gasteiger partial charge >= 0.3 is 0 Å². The molecule has 0 fully saturated rings. The van der Waals surface area contributed by atoms with E-state index in [1.54, 1.807) is 32.5 Å². The van der Waals surface area contributed by atoms with Crippen LogP contribution in [-0.2, 0) is 9.47 Å². The number of aliphatic imine (C=N–C) groups is 1. The molecular weight excluding hydrogens is 347 g/mol. The average Bonchev–Trinajstić information content (AvgIpc) is 3.17. The molecule has 1 aliphatic rings. The molecule has 3 aromatic rings. The number of halogens is 1. The molecule has 0 aliphatic heterocycles. The lowest BCUT2D eigenvalue weighted by molar-refractivity contribution is -0.00856. The van der Waals surface area contributed by atoms with E-state index in [4.69, 9.17) is 14.5 Å². The van der Waals surface area contributed by atoms with Gasteiger partial charge in [0.25, 0.3) is 0 Å². The number of fused-ring (bicyclic) bond motifs is 1. The normalized spacial score (nSPS) is 21.2. The highest BCUT2D eigenvalue weighted by molar-refractivity contribution is 5.98. The number of allylic oxidation sites excluding steroid dienone is 1. The predicted octanol–water partition coefficient (Wildman–Crippen LogP) is 3.60. The van der Waals surface area contributed by atoms with Crippen LogP contribution >= 0.6 is 0 Å². The fraction of sp³-hybridized carbons (Fsp3) is 0.250. The Hall–Kier alpha value is -2.90. The number of benzene rings is 1. The fourth-order valence-electron chi connectivity index (χ4n) is 3.14. The summed E-state index contributed by atoms with van der Waals surface area (Å²) in [6.07, 6.45) is 9.66. The summed E-state index contributed by atoms with van der Waals surface area (Å²) in [6.45, 7) is 0. The minimum atomic E-state index is -0.284. The third-order valence-corrected chi connectivity index (χ3v) is 4.58. The van der Waals surface area contributed by atoms with Crippen LogP contribution in [0.4, 0.5) is 10.2 Å². The van der Waals surface area contributed by atoms with E-state index < -0.39 is 0 Å². The molecule has 4 rings (SSSR count). The van der Waals surface area contributed by atoms with Crippen LogP contribution in [0.1, 0.15) is 6.42 Å². The summed E-state index contributed by atoms with van der Waals surface area (Å²) >= 11 is 0. The second-order valence-corrected chi connectivity index (χ2v) is 6.26. The second kappa shape index (κ2) is 7.38. The molecule has 2 atom stereocenters. The maximum absolute atomic E-state index is 13.2. The number of ether oxygens (including phenoxy) is 2. The number of hydrogen-bond donors (Lipinski definition) is 0. The van der Waals surface area contributed by atoms with Crippen LogP contribution in [0.15, 0.2) is 60.0 Å². The fourth-order valence-corrected chi connectivity index (χ4v) is 3.14. The molecule has 27 heavy (non-hydrogen) atoms. The zero-order valence-corrected chi connectivity index (χ0v) is 15.0. The van der Waals surface area contributed by atoms with Gasteiger partial charge in [-0.1, -0.05) is 6.08 Å². The van der Waals surface area contributed by atoms with Gasteiger partial charge in [0.2, 0.25) is 0 Å². The molecule has 0 amide bonds. The van der Waals surface area contributed by atoms with E-state index in [2.05, 4.69) is 9.97 Å². The van der Waals surface area contributed by atoms with Gasteiger partial charge in [-0.05, 0) is 30.3 Å². The van der Waals surface area contributed by atoms with Crippen LogP contribution in [0.3, 0.4) is 0 Å². The lowest BCUT2D eigenvalue weighted by Crippen LogP contribution is -2.33. The monoisotopic (exact) mass is 366 g/mol. The molecule has 1 aromatic carbocycles. The molecular formula is C20H19FN4O2. The number of methoxy groups -OCH3 is 2. The van der Waals surface area contributed by atoms with E-state index in [-0.39, 0.29) is 18.0 Å². The van der Waals surface area contributed by atoms with E-state index in [1.165, 1.54) is 12.1 Å². The van der Waals surface area contributed by atoms with Gasteiger partial charge in [0, 0.05) is 50.5 Å². The Bertz CT molecular complexity index is 1010. The number of hydrogen-bond acceptors (Lipinski definition) is 5. The Morgan fingerprint density at radius 3 is 2.74 bits per heavy atom. The quantitative estimate of drug-likeness (QED) is 0.708. The van der Waals surface area contributed by atoms with Crippen LogP contribution in [-0.4, -0.2) is 46.5 Å². The maximum Gasteiger partial charge on any atom is 0.197 e. The van der Waals surface area contributed by atoms with E-state index in [1.807, 2.05) is 28.9 Å². The summed E-state index contributed by atoms with van der Waals surface area (Å²) in [5.74, 6) is 0.223. The minimum absolute atomic E-state index is 0.0982. The molecule has 2 aromatic heterocycles. The van der Waals surface area contributed by atoms with Crippen molar-refractivity contribution in [3.05, 3.63) is 60.8 Å². The number of nitrogens with zero attached hydrogens (tertiary/aromatic N) is 4. The van der Waals surface area contributed by atoms with Gasteiger partial charge in [0.1, 0.15) is 11.9 Å². The van der Waals surface area contributed by atoms with Crippen molar-refractivity contribution >= 4 is 17.2 Å². The Balaban J connectivity index is 1.77. The van der Waals surface area contributed by atoms with Gasteiger partial charge in [0.15, 0.2) is 11.5 Å². The second-order valence-electron chi connectivity index (χ2n) is 6.26. The molecule has 2 unspecified atom stereocenters. The first kappa shape index (κ1) is 17.5. The molecule has 0 saturated carbocycles. The van der Waals surface area contributed by atoms with E-state index >= 15 is 0 Å². The first-order chi connectivity index (χ1) is 13.2. The van der Waals surface area contributed by atoms with Gasteiger partial charge in [-0.3, -0.25) is 0 Å². The van der Waals surface area contributed by atoms with Crippen LogP contribution in [0.5, 0.6) is 0 Å². The predicted molar refractivity (Wildman–Crippen MR) is 101 cm³/mol. The van der Waals surface area contributed by atoms with Crippen molar-refractivity contribution in [1.82, 2.24) is 14.4 Å². The zero-order chi connectivity index (χ0) is 18.8. The first-order valence-corrected chi connectivity index (χ1v) is 8.59. The first-order valence-electron chi connectivity index (χ1n) is 8.59. The van der Waals surface area contributed by atoms with Crippen molar-refractivity contribution in [2.75, 3.05) is 14.2 Å². The third-order valence-electron chi connectivity index (χ3n) is 4.58. The summed E-state index contributed by atoms with van der Waals surface area (Å²) < 4.78 is 26.0. The smallest absolute Gasteiger partial charge is 0.197 e. The van der Waals surface area contributed by atoms with Gasteiger partial charge < -0.3 is 13.9 Å². The lowest BCUT2D eigenvalue weighted by Gasteiger charge is -2.25. The highest BCUT2D eigenvalue weighted by Gasteiger charge is 2.24. The number of imidazole rings is 1. The highest BCUT2D eigenvalue weighted by Crippen LogP contribution is 2.26. The largest absolute Gasteiger partial charge is 0.378 e. The number of aromatic nitrogens is 3. The van der Waals surface area contributed by atoms with Crippen LogP contribution in [0, 0.1) is 5.82 Å². The Labute approximate surface area is 156 Å².